The van der Waals surface area contributed by atoms with E-state index in [2.05, 4.69) is 96.5 Å². The summed E-state index contributed by atoms with van der Waals surface area (Å²) in [5, 5.41) is 0. The minimum Gasteiger partial charge on any atom is -0.147 e. The van der Waals surface area contributed by atoms with Gasteiger partial charge in [-0.2, -0.15) is 0 Å². The number of halogens is 2. The van der Waals surface area contributed by atoms with Crippen LogP contribution in [0.3, 0.4) is 0 Å². The normalized spacial score (nSPS) is 15.9. The standard InChI is InChI=1S/C13H9.C10H17OSi.2CH3.2ClH.H2Si.Zr/c1-3-7-12-10(5-1)9-11-6-2-4-8-13(11)12;1-12(2,3)11-9-8-10-6-4-5-7-10;;;;;;/h1-9H;4,6H,5,8-9H2,1-3H3;2*1H3;2*1H;1H2;. The van der Waals surface area contributed by atoms with Crippen molar-refractivity contribution < 1.29 is 21.8 Å². The number of rotatable bonds is 6. The molecule has 2 aliphatic carbocycles. The molecule has 0 aromatic heterocycles. The minimum absolute atomic E-state index is 0. The molecule has 0 fully saturated rings. The van der Waals surface area contributed by atoms with Crippen molar-refractivity contribution >= 4 is 40.0 Å². The van der Waals surface area contributed by atoms with E-state index in [1.54, 1.807) is 20.0 Å². The molecule has 31 heavy (non-hydrogen) atoms. The molecule has 0 saturated carbocycles. The Kier molecular flexibility index (Phi) is 8.34. The van der Waals surface area contributed by atoms with Gasteiger partial charge in [0.15, 0.2) is 0 Å². The molecule has 168 valence electrons. The van der Waals surface area contributed by atoms with Crippen LogP contribution in [0.25, 0.3) is 11.1 Å². The Morgan fingerprint density at radius 3 is 1.97 bits per heavy atom. The summed E-state index contributed by atoms with van der Waals surface area (Å²) >= 11 is -3.30. The summed E-state index contributed by atoms with van der Waals surface area (Å²) in [6.45, 7) is 10.1. The zero-order valence-corrected chi connectivity index (χ0v) is 25.9. The van der Waals surface area contributed by atoms with E-state index in [0.29, 0.717) is 3.63 Å². The molecular formula is C25H36Cl2OSi2Zr. The molecule has 0 N–H and O–H groups in total. The summed E-state index contributed by atoms with van der Waals surface area (Å²) < 4.78 is 14.0. The Morgan fingerprint density at radius 1 is 0.935 bits per heavy atom. The Labute approximate surface area is 204 Å². The Bertz CT molecular complexity index is 1050. The number of allylic oxidation sites excluding steroid dienone is 3. The maximum atomic E-state index is 6.22. The van der Waals surface area contributed by atoms with E-state index in [4.69, 9.17) is 4.43 Å². The van der Waals surface area contributed by atoms with E-state index in [1.165, 1.54) is 11.1 Å². The van der Waals surface area contributed by atoms with Crippen LogP contribution in [0, 0.1) is 0 Å². The van der Waals surface area contributed by atoms with Crippen molar-refractivity contribution in [2.24, 2.45) is 0 Å². The van der Waals surface area contributed by atoms with Gasteiger partial charge in [0, 0.05) is 0 Å². The van der Waals surface area contributed by atoms with Crippen LogP contribution in [-0.4, -0.2) is 21.8 Å². The van der Waals surface area contributed by atoms with Crippen LogP contribution in [-0.2, 0) is 21.8 Å². The molecule has 2 aliphatic rings. The fourth-order valence-electron chi connectivity index (χ4n) is 5.44. The molecule has 0 atom stereocenters. The molecule has 1 nitrogen and oxygen atoms in total. The monoisotopic (exact) mass is 568 g/mol. The van der Waals surface area contributed by atoms with E-state index in [9.17, 15) is 0 Å². The number of hydrogen-bond donors (Lipinski definition) is 0. The second kappa shape index (κ2) is 9.56. The molecule has 0 aliphatic heterocycles. The summed E-state index contributed by atoms with van der Waals surface area (Å²) in [5.74, 6) is 0. The minimum atomic E-state index is -3.30. The van der Waals surface area contributed by atoms with Gasteiger partial charge >= 0.3 is 181 Å². The summed E-state index contributed by atoms with van der Waals surface area (Å²) in [6.07, 6.45) is 7.02. The predicted octanol–water partition coefficient (Wildman–Crippen LogP) is 7.39. The van der Waals surface area contributed by atoms with Gasteiger partial charge in [-0.1, -0.05) is 0 Å². The molecule has 0 radical (unpaired) electrons. The van der Waals surface area contributed by atoms with Gasteiger partial charge in [0.05, 0.1) is 0 Å². The third-order valence-corrected chi connectivity index (χ3v) is 24.9. The molecule has 2 aromatic carbocycles. The Hall–Kier alpha value is -0.223. The van der Waals surface area contributed by atoms with Crippen molar-refractivity contribution in [1.82, 2.24) is 0 Å². The average Bonchev–Trinajstić information content (AvgIpc) is 3.24. The van der Waals surface area contributed by atoms with Crippen molar-refractivity contribution in [1.29, 1.82) is 0 Å². The van der Waals surface area contributed by atoms with Gasteiger partial charge in [-0.25, -0.2) is 0 Å². The Morgan fingerprint density at radius 2 is 1.45 bits per heavy atom. The second-order valence-corrected chi connectivity index (χ2v) is 44.8. The van der Waals surface area contributed by atoms with Crippen molar-refractivity contribution in [3.8, 4) is 11.1 Å². The van der Waals surface area contributed by atoms with Crippen LogP contribution in [0.2, 0.25) is 28.9 Å². The van der Waals surface area contributed by atoms with Gasteiger partial charge in [-0.05, 0) is 0 Å². The first-order chi connectivity index (χ1) is 13.6. The van der Waals surface area contributed by atoms with Crippen LogP contribution in [0.5, 0.6) is 0 Å². The van der Waals surface area contributed by atoms with Gasteiger partial charge in [-0.15, -0.1) is 24.8 Å². The van der Waals surface area contributed by atoms with E-state index < -0.39 is 25.7 Å². The third kappa shape index (κ3) is 5.15. The first kappa shape index (κ1) is 27.0. The first-order valence-electron chi connectivity index (χ1n) is 10.9. The largest absolute Gasteiger partial charge is 0.147 e. The summed E-state index contributed by atoms with van der Waals surface area (Å²) in [6, 6.07) is 18.3. The van der Waals surface area contributed by atoms with Crippen LogP contribution in [0.15, 0.2) is 69.5 Å². The molecule has 0 saturated heterocycles. The summed E-state index contributed by atoms with van der Waals surface area (Å²) in [5.41, 5.74) is 7.63. The van der Waals surface area contributed by atoms with Crippen molar-refractivity contribution in [2.75, 3.05) is 6.61 Å². The molecule has 0 bridgehead atoms. The second-order valence-electron chi connectivity index (χ2n) is 10.7. The maximum absolute atomic E-state index is 6.22. The van der Waals surface area contributed by atoms with Gasteiger partial charge in [0.1, 0.15) is 0 Å². The number of benzene rings is 2. The first-order valence-corrected chi connectivity index (χ1v) is 27.7. The van der Waals surface area contributed by atoms with Gasteiger partial charge in [-0.3, -0.25) is 0 Å². The van der Waals surface area contributed by atoms with Gasteiger partial charge < -0.3 is 0 Å². The quantitative estimate of drug-likeness (QED) is 0.329. The third-order valence-electron chi connectivity index (χ3n) is 6.69. The maximum Gasteiger partial charge on any atom is -0.147 e. The SMILES string of the molecule is C[Si](C)(C)OCCC1=[C]([Zr]([CH3])([CH3])(=[SiH2])[CH]2c3ccccc3-c3ccccc32)CC=C1.Cl.Cl. The molecule has 0 spiro atoms. The van der Waals surface area contributed by atoms with Crippen molar-refractivity contribution in [3.05, 3.63) is 80.7 Å². The fourth-order valence-corrected chi connectivity index (χ4v) is 23.0. The molecule has 6 heteroatoms. The molecule has 4 rings (SSSR count). The zero-order valence-electron chi connectivity index (χ0n) is 19.4. The smallest absolute Gasteiger partial charge is 0.147 e. The fraction of sp³-hybridized carbons (Fsp3) is 0.360. The van der Waals surface area contributed by atoms with Crippen LogP contribution >= 0.6 is 24.8 Å². The van der Waals surface area contributed by atoms with E-state index in [1.807, 2.05) is 0 Å². The van der Waals surface area contributed by atoms with Crippen molar-refractivity contribution in [3.63, 3.8) is 0 Å². The zero-order chi connectivity index (χ0) is 20.9. The van der Waals surface area contributed by atoms with Gasteiger partial charge in [0.25, 0.3) is 0 Å². The number of hydrogen-bond acceptors (Lipinski definition) is 1. The Balaban J connectivity index is 0.00000171. The summed E-state index contributed by atoms with van der Waals surface area (Å²) in [4.78, 5) is 0. The molecular weight excluding hydrogens is 535 g/mol. The number of fused-ring (bicyclic) bond motifs is 3. The van der Waals surface area contributed by atoms with Crippen LogP contribution in [0.4, 0.5) is 0 Å². The van der Waals surface area contributed by atoms with Gasteiger partial charge in [0.2, 0.25) is 0 Å². The molecule has 0 amide bonds. The van der Waals surface area contributed by atoms with Crippen molar-refractivity contribution in [2.45, 2.75) is 45.4 Å². The molecule has 0 unspecified atom stereocenters. The molecule has 2 aromatic rings. The predicted molar refractivity (Wildman–Crippen MR) is 143 cm³/mol. The van der Waals surface area contributed by atoms with E-state index in [-0.39, 0.29) is 24.8 Å². The topological polar surface area (TPSA) is 9.23 Å². The molecule has 0 heterocycles. The van der Waals surface area contributed by atoms with Crippen LogP contribution < -0.4 is 0 Å². The average molecular weight is 571 g/mol. The van der Waals surface area contributed by atoms with E-state index >= 15 is 0 Å². The summed E-state index contributed by atoms with van der Waals surface area (Å²) in [7, 11) is -1.46. The van der Waals surface area contributed by atoms with Crippen LogP contribution in [0.1, 0.15) is 27.6 Å². The van der Waals surface area contributed by atoms with E-state index in [0.717, 1.165) is 19.4 Å².